The Kier molecular flexibility index (Phi) is 5.17. The minimum Gasteiger partial charge on any atom is -0.508 e. The normalized spacial score (nSPS) is 10.2. The predicted octanol–water partition coefficient (Wildman–Crippen LogP) is 0.825. The molecular weight excluding hydrogens is 248 g/mol. The molecule has 0 unspecified atom stereocenters. The van der Waals surface area contributed by atoms with Gasteiger partial charge in [0.25, 0.3) is 5.91 Å². The molecule has 104 valence electrons. The molecule has 1 rings (SSSR count). The van der Waals surface area contributed by atoms with E-state index in [0.717, 1.165) is 18.9 Å². The summed E-state index contributed by atoms with van der Waals surface area (Å²) in [6.07, 6.45) is 1.61. The summed E-state index contributed by atoms with van der Waals surface area (Å²) in [7, 11) is 0. The molecule has 2 amide bonds. The van der Waals surface area contributed by atoms with Gasteiger partial charge in [0.2, 0.25) is 5.91 Å². The van der Waals surface area contributed by atoms with E-state index in [2.05, 4.69) is 0 Å². The topological polar surface area (TPSA) is 104 Å². The third-order valence-electron chi connectivity index (χ3n) is 2.56. The van der Waals surface area contributed by atoms with Crippen LogP contribution in [0.5, 0.6) is 11.5 Å². The zero-order chi connectivity index (χ0) is 14.4. The first-order chi connectivity index (χ1) is 8.93. The van der Waals surface area contributed by atoms with Gasteiger partial charge in [0.05, 0.1) is 6.54 Å². The van der Waals surface area contributed by atoms with E-state index in [1.165, 1.54) is 17.0 Å². The molecule has 0 fully saturated rings. The highest BCUT2D eigenvalue weighted by Crippen LogP contribution is 2.21. The van der Waals surface area contributed by atoms with E-state index in [4.69, 9.17) is 5.73 Å². The third-order valence-corrected chi connectivity index (χ3v) is 2.56. The van der Waals surface area contributed by atoms with Crippen LogP contribution in [-0.4, -0.2) is 40.0 Å². The Balaban J connectivity index is 2.93. The molecule has 19 heavy (non-hydrogen) atoms. The Hall–Kier alpha value is -2.24. The van der Waals surface area contributed by atoms with Crippen LogP contribution in [-0.2, 0) is 4.79 Å². The van der Waals surface area contributed by atoms with Crippen LogP contribution in [0.25, 0.3) is 0 Å². The standard InChI is InChI=1S/C13H18N2O4/c1-2-3-4-15(8-12(14)18)13(19)9-5-10(16)7-11(17)6-9/h5-7,16-17H,2-4,8H2,1H3,(H2,14,18). The maximum absolute atomic E-state index is 12.2. The number of nitrogens with two attached hydrogens (primary N) is 1. The molecule has 4 N–H and O–H groups in total. The van der Waals surface area contributed by atoms with Gasteiger partial charge in [0.15, 0.2) is 0 Å². The van der Waals surface area contributed by atoms with Crippen molar-refractivity contribution in [1.82, 2.24) is 4.90 Å². The van der Waals surface area contributed by atoms with E-state index in [-0.39, 0.29) is 23.6 Å². The summed E-state index contributed by atoms with van der Waals surface area (Å²) in [6, 6.07) is 3.60. The number of phenols is 2. The minimum absolute atomic E-state index is 0.120. The van der Waals surface area contributed by atoms with Crippen molar-refractivity contribution < 1.29 is 19.8 Å². The quantitative estimate of drug-likeness (QED) is 0.709. The lowest BCUT2D eigenvalue weighted by Gasteiger charge is -2.21. The highest BCUT2D eigenvalue weighted by Gasteiger charge is 2.18. The summed E-state index contributed by atoms with van der Waals surface area (Å²) in [5.74, 6) is -1.47. The first-order valence-electron chi connectivity index (χ1n) is 6.04. The zero-order valence-electron chi connectivity index (χ0n) is 10.8. The van der Waals surface area contributed by atoms with Crippen molar-refractivity contribution >= 4 is 11.8 Å². The van der Waals surface area contributed by atoms with Crippen molar-refractivity contribution in [2.24, 2.45) is 5.73 Å². The summed E-state index contributed by atoms with van der Waals surface area (Å²) in [6.45, 7) is 2.18. The van der Waals surface area contributed by atoms with E-state index in [9.17, 15) is 19.8 Å². The molecule has 0 bridgehead atoms. The van der Waals surface area contributed by atoms with Gasteiger partial charge in [-0.15, -0.1) is 0 Å². The lowest BCUT2D eigenvalue weighted by Crippen LogP contribution is -2.39. The van der Waals surface area contributed by atoms with Crippen LogP contribution < -0.4 is 5.73 Å². The number of benzene rings is 1. The van der Waals surface area contributed by atoms with E-state index in [0.29, 0.717) is 6.54 Å². The Morgan fingerprint density at radius 2 is 1.79 bits per heavy atom. The lowest BCUT2D eigenvalue weighted by atomic mass is 10.1. The van der Waals surface area contributed by atoms with Crippen LogP contribution in [0.4, 0.5) is 0 Å². The Morgan fingerprint density at radius 1 is 1.21 bits per heavy atom. The monoisotopic (exact) mass is 266 g/mol. The predicted molar refractivity (Wildman–Crippen MR) is 69.8 cm³/mol. The van der Waals surface area contributed by atoms with Crippen molar-refractivity contribution in [1.29, 1.82) is 0 Å². The molecular formula is C13H18N2O4. The number of aromatic hydroxyl groups is 2. The SMILES string of the molecule is CCCCN(CC(N)=O)C(=O)c1cc(O)cc(O)c1. The molecule has 0 radical (unpaired) electrons. The van der Waals surface area contributed by atoms with E-state index in [1.54, 1.807) is 0 Å². The Morgan fingerprint density at radius 3 is 2.26 bits per heavy atom. The van der Waals surface area contributed by atoms with Gasteiger partial charge in [-0.25, -0.2) is 0 Å². The number of amides is 2. The van der Waals surface area contributed by atoms with Gasteiger partial charge < -0.3 is 20.8 Å². The first-order valence-corrected chi connectivity index (χ1v) is 6.04. The van der Waals surface area contributed by atoms with Gasteiger partial charge >= 0.3 is 0 Å². The highest BCUT2D eigenvalue weighted by atomic mass is 16.3. The molecule has 0 saturated heterocycles. The summed E-state index contributed by atoms with van der Waals surface area (Å²) in [5.41, 5.74) is 5.23. The summed E-state index contributed by atoms with van der Waals surface area (Å²) in [5, 5.41) is 18.7. The average molecular weight is 266 g/mol. The van der Waals surface area contributed by atoms with Crippen LogP contribution in [0.1, 0.15) is 30.1 Å². The third kappa shape index (κ3) is 4.50. The van der Waals surface area contributed by atoms with E-state index >= 15 is 0 Å². The van der Waals surface area contributed by atoms with Gasteiger partial charge in [0, 0.05) is 18.2 Å². The number of phenolic OH excluding ortho intramolecular Hbond substituents is 2. The van der Waals surface area contributed by atoms with Gasteiger partial charge in [-0.1, -0.05) is 13.3 Å². The summed E-state index contributed by atoms with van der Waals surface area (Å²) in [4.78, 5) is 24.5. The smallest absolute Gasteiger partial charge is 0.254 e. The van der Waals surface area contributed by atoms with Crippen LogP contribution in [0.3, 0.4) is 0 Å². The molecule has 1 aromatic carbocycles. The number of hydrogen-bond acceptors (Lipinski definition) is 4. The van der Waals surface area contributed by atoms with Crippen molar-refractivity contribution in [2.75, 3.05) is 13.1 Å². The molecule has 0 aliphatic rings. The van der Waals surface area contributed by atoms with Crippen molar-refractivity contribution in [2.45, 2.75) is 19.8 Å². The van der Waals surface area contributed by atoms with Crippen molar-refractivity contribution in [3.63, 3.8) is 0 Å². The molecule has 0 aliphatic heterocycles. The van der Waals surface area contributed by atoms with Gasteiger partial charge in [-0.05, 0) is 18.6 Å². The largest absolute Gasteiger partial charge is 0.508 e. The Bertz CT molecular complexity index is 453. The first kappa shape index (κ1) is 14.8. The van der Waals surface area contributed by atoms with Gasteiger partial charge in [-0.3, -0.25) is 9.59 Å². The Labute approximate surface area is 111 Å². The average Bonchev–Trinajstić information content (AvgIpc) is 2.32. The van der Waals surface area contributed by atoms with Crippen LogP contribution in [0.2, 0.25) is 0 Å². The highest BCUT2D eigenvalue weighted by molar-refractivity contribution is 5.97. The molecule has 6 heteroatoms. The second-order valence-electron chi connectivity index (χ2n) is 4.28. The molecule has 0 spiro atoms. The van der Waals surface area contributed by atoms with Crippen LogP contribution in [0.15, 0.2) is 18.2 Å². The zero-order valence-corrected chi connectivity index (χ0v) is 10.8. The molecule has 0 saturated carbocycles. The van der Waals surface area contributed by atoms with Crippen molar-refractivity contribution in [3.05, 3.63) is 23.8 Å². The number of unbranched alkanes of at least 4 members (excludes halogenated alkanes) is 1. The van der Waals surface area contributed by atoms with E-state index in [1.807, 2.05) is 6.92 Å². The number of nitrogens with zero attached hydrogens (tertiary/aromatic N) is 1. The molecule has 6 nitrogen and oxygen atoms in total. The van der Waals surface area contributed by atoms with Gasteiger partial charge in [-0.2, -0.15) is 0 Å². The molecule has 1 aromatic rings. The molecule has 0 heterocycles. The minimum atomic E-state index is -0.603. The second kappa shape index (κ2) is 6.63. The summed E-state index contributed by atoms with van der Waals surface area (Å²) >= 11 is 0. The lowest BCUT2D eigenvalue weighted by molar-refractivity contribution is -0.118. The van der Waals surface area contributed by atoms with Crippen LogP contribution >= 0.6 is 0 Å². The maximum Gasteiger partial charge on any atom is 0.254 e. The van der Waals surface area contributed by atoms with Crippen LogP contribution in [0, 0.1) is 0 Å². The van der Waals surface area contributed by atoms with Crippen molar-refractivity contribution in [3.8, 4) is 11.5 Å². The fourth-order valence-electron chi connectivity index (χ4n) is 1.69. The second-order valence-corrected chi connectivity index (χ2v) is 4.28. The summed E-state index contributed by atoms with van der Waals surface area (Å²) < 4.78 is 0. The number of primary amides is 1. The number of hydrogen-bond donors (Lipinski definition) is 3. The van der Waals surface area contributed by atoms with Gasteiger partial charge in [0.1, 0.15) is 11.5 Å². The molecule has 0 aliphatic carbocycles. The fraction of sp³-hybridized carbons (Fsp3) is 0.385. The fourth-order valence-corrected chi connectivity index (χ4v) is 1.69. The number of carbonyl (C=O) groups excluding carboxylic acids is 2. The molecule has 0 atom stereocenters. The van der Waals surface area contributed by atoms with E-state index < -0.39 is 11.8 Å². The number of rotatable bonds is 6. The maximum atomic E-state index is 12.2. The number of carbonyl (C=O) groups is 2. The molecule has 0 aromatic heterocycles.